The fraction of sp³-hybridized carbons (Fsp3) is 0.364. The Bertz CT molecular complexity index is 429. The van der Waals surface area contributed by atoms with Crippen molar-refractivity contribution in [2.24, 2.45) is 0 Å². The van der Waals surface area contributed by atoms with Crippen molar-refractivity contribution < 1.29 is 14.6 Å². The lowest BCUT2D eigenvalue weighted by atomic mass is 10.0. The van der Waals surface area contributed by atoms with Gasteiger partial charge in [0, 0.05) is 17.1 Å². The van der Waals surface area contributed by atoms with E-state index in [-0.39, 0.29) is 5.60 Å². The van der Waals surface area contributed by atoms with Crippen molar-refractivity contribution in [2.75, 3.05) is 11.9 Å². The average molecular weight is 242 g/mol. The van der Waals surface area contributed by atoms with E-state index in [0.29, 0.717) is 23.7 Å². The van der Waals surface area contributed by atoms with Gasteiger partial charge in [-0.05, 0) is 30.7 Å². The number of ether oxygens (including phenoxy) is 1. The van der Waals surface area contributed by atoms with Crippen LogP contribution >= 0.6 is 11.6 Å². The molecule has 2 rings (SSSR count). The normalized spacial score (nSPS) is 22.9. The number of carbonyl (C=O) groups is 1. The summed E-state index contributed by atoms with van der Waals surface area (Å²) in [7, 11) is 0. The molecule has 0 aromatic heterocycles. The molecule has 2 N–H and O–H groups in total. The summed E-state index contributed by atoms with van der Waals surface area (Å²) in [6.07, 6.45) is -0.422. The summed E-state index contributed by atoms with van der Waals surface area (Å²) in [6, 6.07) is 5.09. The van der Waals surface area contributed by atoms with Gasteiger partial charge in [-0.2, -0.15) is 0 Å². The molecule has 0 aliphatic carbocycles. The van der Waals surface area contributed by atoms with Crippen LogP contribution in [0.5, 0.6) is 0 Å². The molecule has 16 heavy (non-hydrogen) atoms. The third kappa shape index (κ3) is 2.65. The summed E-state index contributed by atoms with van der Waals surface area (Å²) in [5.41, 5.74) is 1.25. The van der Waals surface area contributed by atoms with Crippen molar-refractivity contribution >= 4 is 23.4 Å². The highest BCUT2D eigenvalue weighted by Crippen LogP contribution is 2.33. The van der Waals surface area contributed by atoms with Gasteiger partial charge in [0.15, 0.2) is 0 Å². The number of carboxylic acid groups (broad SMARTS) is 1. The van der Waals surface area contributed by atoms with E-state index in [1.807, 2.05) is 6.92 Å². The van der Waals surface area contributed by atoms with E-state index in [4.69, 9.17) is 21.4 Å². The second-order valence-corrected chi connectivity index (χ2v) is 4.58. The lowest BCUT2D eigenvalue weighted by Crippen LogP contribution is -2.14. The van der Waals surface area contributed by atoms with E-state index in [1.165, 1.54) is 0 Å². The number of anilines is 1. The first-order valence-electron chi connectivity index (χ1n) is 4.91. The van der Waals surface area contributed by atoms with Crippen molar-refractivity contribution in [1.29, 1.82) is 0 Å². The number of epoxide rings is 1. The van der Waals surface area contributed by atoms with E-state index in [2.05, 4.69) is 5.32 Å². The van der Waals surface area contributed by atoms with Crippen LogP contribution in [-0.4, -0.2) is 23.4 Å². The zero-order valence-corrected chi connectivity index (χ0v) is 9.54. The summed E-state index contributed by atoms with van der Waals surface area (Å²) >= 11 is 5.89. The predicted molar refractivity (Wildman–Crippen MR) is 61.2 cm³/mol. The fourth-order valence-corrected chi connectivity index (χ4v) is 1.77. The molecule has 1 unspecified atom stereocenters. The molecule has 1 fully saturated rings. The number of benzene rings is 1. The number of halogens is 1. The Kier molecular flexibility index (Phi) is 2.78. The molecule has 0 bridgehead atoms. The van der Waals surface area contributed by atoms with E-state index in [9.17, 15) is 4.79 Å². The summed E-state index contributed by atoms with van der Waals surface area (Å²) < 4.78 is 5.28. The molecule has 0 radical (unpaired) electrons. The fourth-order valence-electron chi connectivity index (χ4n) is 1.57. The lowest BCUT2D eigenvalue weighted by Gasteiger charge is -2.11. The average Bonchev–Trinajstić information content (AvgIpc) is 2.88. The summed E-state index contributed by atoms with van der Waals surface area (Å²) in [6.45, 7) is 2.68. The molecule has 1 heterocycles. The van der Waals surface area contributed by atoms with Crippen LogP contribution in [0.3, 0.4) is 0 Å². The first kappa shape index (κ1) is 11.2. The molecular weight excluding hydrogens is 230 g/mol. The van der Waals surface area contributed by atoms with Gasteiger partial charge in [0.25, 0.3) is 0 Å². The molecule has 0 spiro atoms. The number of nitrogens with one attached hydrogen (secondary N) is 1. The maximum atomic E-state index is 10.6. The smallest absolute Gasteiger partial charge is 0.409 e. The molecule has 1 amide bonds. The highest BCUT2D eigenvalue weighted by atomic mass is 35.5. The van der Waals surface area contributed by atoms with Gasteiger partial charge in [0.05, 0.1) is 12.2 Å². The zero-order valence-electron chi connectivity index (χ0n) is 8.79. The monoisotopic (exact) mass is 241 g/mol. The third-order valence-electron chi connectivity index (χ3n) is 2.51. The second kappa shape index (κ2) is 3.96. The Labute approximate surface area is 98.2 Å². The number of rotatable bonds is 3. The van der Waals surface area contributed by atoms with Gasteiger partial charge in [-0.15, -0.1) is 0 Å². The van der Waals surface area contributed by atoms with Crippen LogP contribution in [0.25, 0.3) is 0 Å². The molecule has 86 valence electrons. The highest BCUT2D eigenvalue weighted by Gasteiger charge is 2.39. The number of hydrogen-bond donors (Lipinski definition) is 2. The van der Waals surface area contributed by atoms with E-state index < -0.39 is 6.09 Å². The van der Waals surface area contributed by atoms with Crippen molar-refractivity contribution in [1.82, 2.24) is 0 Å². The third-order valence-corrected chi connectivity index (χ3v) is 2.75. The molecule has 4 nitrogen and oxygen atoms in total. The quantitative estimate of drug-likeness (QED) is 0.800. The minimum Gasteiger partial charge on any atom is -0.465 e. The molecule has 1 atom stereocenters. The minimum absolute atomic E-state index is 0.167. The molecule has 1 aliphatic heterocycles. The summed E-state index contributed by atoms with van der Waals surface area (Å²) in [5.74, 6) is 0. The van der Waals surface area contributed by atoms with Crippen LogP contribution in [0.4, 0.5) is 10.5 Å². The standard InChI is InChI=1S/C11H12ClNO3/c1-11(6-16-11)5-7-4-8(12)2-3-9(7)13-10(14)15/h2-4,13H,5-6H2,1H3,(H,14,15). The summed E-state index contributed by atoms with van der Waals surface area (Å²) in [5, 5.41) is 11.6. The van der Waals surface area contributed by atoms with Crippen molar-refractivity contribution in [2.45, 2.75) is 18.9 Å². The largest absolute Gasteiger partial charge is 0.465 e. The summed E-state index contributed by atoms with van der Waals surface area (Å²) in [4.78, 5) is 10.6. The predicted octanol–water partition coefficient (Wildman–Crippen LogP) is 2.76. The second-order valence-electron chi connectivity index (χ2n) is 4.15. The Morgan fingerprint density at radius 1 is 1.69 bits per heavy atom. The topological polar surface area (TPSA) is 61.9 Å². The molecule has 1 aliphatic rings. The van der Waals surface area contributed by atoms with Gasteiger partial charge in [-0.25, -0.2) is 4.79 Å². The van der Waals surface area contributed by atoms with Crippen molar-refractivity contribution in [3.63, 3.8) is 0 Å². The van der Waals surface area contributed by atoms with Crippen molar-refractivity contribution in [3.8, 4) is 0 Å². The lowest BCUT2D eigenvalue weighted by molar-refractivity contribution is 0.209. The Hall–Kier alpha value is -1.26. The van der Waals surface area contributed by atoms with Crippen LogP contribution in [0.2, 0.25) is 5.02 Å². The minimum atomic E-state index is -1.08. The molecule has 0 saturated carbocycles. The van der Waals surface area contributed by atoms with Gasteiger partial charge in [-0.3, -0.25) is 5.32 Å². The van der Waals surface area contributed by atoms with Gasteiger partial charge >= 0.3 is 6.09 Å². The van der Waals surface area contributed by atoms with Gasteiger partial charge in [0.2, 0.25) is 0 Å². The molecule has 1 aromatic rings. The number of amides is 1. The van der Waals surface area contributed by atoms with E-state index in [1.54, 1.807) is 18.2 Å². The Balaban J connectivity index is 2.24. The molecule has 1 saturated heterocycles. The van der Waals surface area contributed by atoms with Gasteiger partial charge < -0.3 is 9.84 Å². The van der Waals surface area contributed by atoms with Crippen LogP contribution in [0, 0.1) is 0 Å². The molecule has 1 aromatic carbocycles. The van der Waals surface area contributed by atoms with Crippen LogP contribution < -0.4 is 5.32 Å². The van der Waals surface area contributed by atoms with E-state index in [0.717, 1.165) is 5.56 Å². The Morgan fingerprint density at radius 2 is 2.38 bits per heavy atom. The molecular formula is C11H12ClNO3. The van der Waals surface area contributed by atoms with E-state index >= 15 is 0 Å². The Morgan fingerprint density at radius 3 is 2.94 bits per heavy atom. The van der Waals surface area contributed by atoms with Gasteiger partial charge in [0.1, 0.15) is 0 Å². The first-order valence-corrected chi connectivity index (χ1v) is 5.29. The van der Waals surface area contributed by atoms with Crippen LogP contribution in [0.1, 0.15) is 12.5 Å². The van der Waals surface area contributed by atoms with Crippen LogP contribution in [0.15, 0.2) is 18.2 Å². The van der Waals surface area contributed by atoms with Gasteiger partial charge in [-0.1, -0.05) is 11.6 Å². The maximum Gasteiger partial charge on any atom is 0.409 e. The maximum absolute atomic E-state index is 10.6. The SMILES string of the molecule is CC1(Cc2cc(Cl)ccc2NC(=O)O)CO1. The van der Waals surface area contributed by atoms with Crippen molar-refractivity contribution in [3.05, 3.63) is 28.8 Å². The highest BCUT2D eigenvalue weighted by molar-refractivity contribution is 6.30. The molecule has 5 heteroatoms. The zero-order chi connectivity index (χ0) is 11.8. The number of hydrogen-bond acceptors (Lipinski definition) is 2. The van der Waals surface area contributed by atoms with Crippen LogP contribution in [-0.2, 0) is 11.2 Å². The first-order chi connectivity index (χ1) is 7.48.